The predicted molar refractivity (Wildman–Crippen MR) is 102 cm³/mol. The lowest BCUT2D eigenvalue weighted by Crippen LogP contribution is -2.19. The molecule has 3 rings (SSSR count). The standard InChI is InChI=1S/C21H19ClO5/c1-12(2)26-19(23)11-25-17-9-8-16-20(24)18(27-21(16)13(17)3)10-14-4-6-15(22)7-5-14/h4-10,12H,11H2,1-3H3/b18-10-. The molecule has 5 nitrogen and oxygen atoms in total. The highest BCUT2D eigenvalue weighted by molar-refractivity contribution is 6.30. The summed E-state index contributed by atoms with van der Waals surface area (Å²) >= 11 is 5.88. The summed E-state index contributed by atoms with van der Waals surface area (Å²) in [7, 11) is 0. The van der Waals surface area contributed by atoms with Crippen molar-refractivity contribution in [3.8, 4) is 11.5 Å². The molecule has 27 heavy (non-hydrogen) atoms. The van der Waals surface area contributed by atoms with Crippen molar-refractivity contribution in [2.24, 2.45) is 0 Å². The number of hydrogen-bond acceptors (Lipinski definition) is 5. The maximum Gasteiger partial charge on any atom is 0.344 e. The van der Waals surface area contributed by atoms with Gasteiger partial charge in [0.15, 0.2) is 12.4 Å². The van der Waals surface area contributed by atoms with Crippen LogP contribution in [0, 0.1) is 6.92 Å². The highest BCUT2D eigenvalue weighted by Crippen LogP contribution is 2.39. The van der Waals surface area contributed by atoms with E-state index in [1.54, 1.807) is 63.2 Å². The number of hydrogen-bond donors (Lipinski definition) is 0. The van der Waals surface area contributed by atoms with Gasteiger partial charge in [-0.15, -0.1) is 0 Å². The van der Waals surface area contributed by atoms with Crippen molar-refractivity contribution in [3.05, 3.63) is 63.9 Å². The van der Waals surface area contributed by atoms with Crippen LogP contribution in [0.4, 0.5) is 0 Å². The quantitative estimate of drug-likeness (QED) is 0.555. The number of esters is 1. The minimum absolute atomic E-state index is 0.200. The third-order valence-electron chi connectivity index (χ3n) is 3.92. The van der Waals surface area contributed by atoms with Gasteiger partial charge in [-0.2, -0.15) is 0 Å². The highest BCUT2D eigenvalue weighted by Gasteiger charge is 2.30. The lowest BCUT2D eigenvalue weighted by molar-refractivity contribution is -0.149. The van der Waals surface area contributed by atoms with E-state index in [1.807, 2.05) is 0 Å². The molecule has 0 radical (unpaired) electrons. The molecule has 1 aliphatic heterocycles. The van der Waals surface area contributed by atoms with E-state index >= 15 is 0 Å². The molecule has 0 saturated carbocycles. The molecule has 6 heteroatoms. The second kappa shape index (κ2) is 7.84. The highest BCUT2D eigenvalue weighted by atomic mass is 35.5. The first-order chi connectivity index (χ1) is 12.8. The summed E-state index contributed by atoms with van der Waals surface area (Å²) in [5.74, 6) is 0.482. The Balaban J connectivity index is 1.79. The fourth-order valence-corrected chi connectivity index (χ4v) is 2.79. The smallest absolute Gasteiger partial charge is 0.344 e. The summed E-state index contributed by atoms with van der Waals surface area (Å²) in [6.07, 6.45) is 1.46. The zero-order valence-electron chi connectivity index (χ0n) is 15.2. The number of allylic oxidation sites excluding steroid dienone is 1. The largest absolute Gasteiger partial charge is 0.481 e. The van der Waals surface area contributed by atoms with Crippen LogP contribution in [0.15, 0.2) is 42.2 Å². The first-order valence-corrected chi connectivity index (χ1v) is 8.88. The number of carbonyl (C=O) groups is 2. The molecule has 0 N–H and O–H groups in total. The van der Waals surface area contributed by atoms with Crippen molar-refractivity contribution in [1.29, 1.82) is 0 Å². The molecule has 0 spiro atoms. The summed E-state index contributed by atoms with van der Waals surface area (Å²) in [5, 5.41) is 0.618. The van der Waals surface area contributed by atoms with Gasteiger partial charge >= 0.3 is 5.97 Å². The van der Waals surface area contributed by atoms with Crippen molar-refractivity contribution >= 4 is 29.4 Å². The van der Waals surface area contributed by atoms with Crippen molar-refractivity contribution in [2.45, 2.75) is 26.9 Å². The number of fused-ring (bicyclic) bond motifs is 1. The van der Waals surface area contributed by atoms with Crippen molar-refractivity contribution in [2.75, 3.05) is 6.61 Å². The summed E-state index contributed by atoms with van der Waals surface area (Å²) in [6, 6.07) is 10.4. The molecule has 0 saturated heterocycles. The van der Waals surface area contributed by atoms with E-state index in [4.69, 9.17) is 25.8 Å². The van der Waals surface area contributed by atoms with Crippen LogP contribution < -0.4 is 9.47 Å². The Morgan fingerprint density at radius 1 is 1.19 bits per heavy atom. The SMILES string of the molecule is Cc1c(OCC(=O)OC(C)C)ccc2c1O/C(=C\c1ccc(Cl)cc1)C2=O. The Kier molecular flexibility index (Phi) is 5.51. The molecule has 140 valence electrons. The molecule has 0 unspecified atom stereocenters. The van der Waals surface area contributed by atoms with Gasteiger partial charge in [-0.1, -0.05) is 23.7 Å². The number of rotatable bonds is 5. The number of carbonyl (C=O) groups excluding carboxylic acids is 2. The summed E-state index contributed by atoms with van der Waals surface area (Å²) in [6.45, 7) is 5.11. The Morgan fingerprint density at radius 2 is 1.89 bits per heavy atom. The molecule has 2 aromatic rings. The fourth-order valence-electron chi connectivity index (χ4n) is 2.67. The third kappa shape index (κ3) is 4.31. The lowest BCUT2D eigenvalue weighted by atomic mass is 10.1. The fraction of sp³-hybridized carbons (Fsp3) is 0.238. The van der Waals surface area contributed by atoms with E-state index in [0.717, 1.165) is 5.56 Å². The second-order valence-corrected chi connectivity index (χ2v) is 6.82. The van der Waals surface area contributed by atoms with Crippen LogP contribution in [-0.2, 0) is 9.53 Å². The minimum atomic E-state index is -0.454. The van der Waals surface area contributed by atoms with Crippen LogP contribution in [0.2, 0.25) is 5.02 Å². The van der Waals surface area contributed by atoms with Crippen molar-refractivity contribution < 1.29 is 23.8 Å². The van der Waals surface area contributed by atoms with Crippen LogP contribution >= 0.6 is 11.6 Å². The summed E-state index contributed by atoms with van der Waals surface area (Å²) in [4.78, 5) is 24.2. The van der Waals surface area contributed by atoms with E-state index in [9.17, 15) is 9.59 Å². The van der Waals surface area contributed by atoms with Crippen molar-refractivity contribution in [3.63, 3.8) is 0 Å². The topological polar surface area (TPSA) is 61.8 Å². The Labute approximate surface area is 162 Å². The number of ether oxygens (including phenoxy) is 3. The number of halogens is 1. The van der Waals surface area contributed by atoms with Crippen LogP contribution in [0.5, 0.6) is 11.5 Å². The molecule has 1 aliphatic rings. The Morgan fingerprint density at radius 3 is 2.56 bits per heavy atom. The van der Waals surface area contributed by atoms with Gasteiger partial charge in [0.05, 0.1) is 11.7 Å². The molecule has 2 aromatic carbocycles. The average molecular weight is 387 g/mol. The maximum atomic E-state index is 12.6. The van der Waals surface area contributed by atoms with Crippen LogP contribution in [-0.4, -0.2) is 24.5 Å². The predicted octanol–water partition coefficient (Wildman–Crippen LogP) is 4.60. The molecule has 0 atom stereocenters. The first kappa shape index (κ1) is 19.0. The second-order valence-electron chi connectivity index (χ2n) is 6.38. The van der Waals surface area contributed by atoms with Gasteiger partial charge in [-0.05, 0) is 56.7 Å². The van der Waals surface area contributed by atoms with Crippen LogP contribution in [0.25, 0.3) is 6.08 Å². The molecule has 0 aliphatic carbocycles. The van der Waals surface area contributed by atoms with E-state index in [1.165, 1.54) is 0 Å². The molecular formula is C21H19ClO5. The minimum Gasteiger partial charge on any atom is -0.481 e. The number of benzene rings is 2. The van der Waals surface area contributed by atoms with Gasteiger partial charge in [0.1, 0.15) is 11.5 Å². The van der Waals surface area contributed by atoms with Gasteiger partial charge < -0.3 is 14.2 Å². The third-order valence-corrected chi connectivity index (χ3v) is 4.17. The number of ketones is 1. The van der Waals surface area contributed by atoms with Crippen molar-refractivity contribution in [1.82, 2.24) is 0 Å². The van der Waals surface area contributed by atoms with E-state index in [0.29, 0.717) is 27.6 Å². The molecule has 0 aromatic heterocycles. The van der Waals surface area contributed by atoms with Gasteiger partial charge in [0.2, 0.25) is 5.78 Å². The summed E-state index contributed by atoms with van der Waals surface area (Å²) < 4.78 is 16.4. The molecule has 0 fully saturated rings. The Hall–Kier alpha value is -2.79. The molecule has 0 bridgehead atoms. The molecular weight excluding hydrogens is 368 g/mol. The zero-order chi connectivity index (χ0) is 19.6. The normalized spacial score (nSPS) is 14.3. The van der Waals surface area contributed by atoms with Gasteiger partial charge in [0.25, 0.3) is 0 Å². The summed E-state index contributed by atoms with van der Waals surface area (Å²) in [5.41, 5.74) is 1.92. The maximum absolute atomic E-state index is 12.6. The first-order valence-electron chi connectivity index (χ1n) is 8.51. The van der Waals surface area contributed by atoms with Gasteiger partial charge in [0, 0.05) is 10.6 Å². The van der Waals surface area contributed by atoms with E-state index in [-0.39, 0.29) is 24.3 Å². The van der Waals surface area contributed by atoms with E-state index < -0.39 is 5.97 Å². The van der Waals surface area contributed by atoms with Crippen LogP contribution in [0.1, 0.15) is 35.3 Å². The monoisotopic (exact) mass is 386 g/mol. The van der Waals surface area contributed by atoms with Gasteiger partial charge in [-0.25, -0.2) is 4.79 Å². The molecule has 0 amide bonds. The lowest BCUT2D eigenvalue weighted by Gasteiger charge is -2.12. The van der Waals surface area contributed by atoms with E-state index in [2.05, 4.69) is 0 Å². The van der Waals surface area contributed by atoms with Gasteiger partial charge in [-0.3, -0.25) is 4.79 Å². The Bertz CT molecular complexity index is 913. The average Bonchev–Trinajstić information content (AvgIpc) is 2.93. The zero-order valence-corrected chi connectivity index (χ0v) is 16.0. The number of Topliss-reactive ketones (excluding diaryl/α,β-unsaturated/α-hetero) is 1. The van der Waals surface area contributed by atoms with Crippen LogP contribution in [0.3, 0.4) is 0 Å². The molecule has 1 heterocycles.